The molecule has 0 radical (unpaired) electrons. The molecule has 10 saturated carbocycles. The molecule has 10 aliphatic rings. The molecule has 3 nitrogen and oxygen atoms in total. The van der Waals surface area contributed by atoms with E-state index >= 15 is 0 Å². The lowest BCUT2D eigenvalue weighted by Gasteiger charge is -2.52. The van der Waals surface area contributed by atoms with E-state index in [1.54, 1.807) is 96.3 Å². The van der Waals surface area contributed by atoms with E-state index in [-0.39, 0.29) is 0 Å². The zero-order valence-electron chi connectivity index (χ0n) is 44.4. The normalized spacial score (nSPS) is 43.6. The van der Waals surface area contributed by atoms with Crippen LogP contribution in [-0.2, 0) is 0 Å². The minimum absolute atomic E-state index is 0.901. The Morgan fingerprint density at radius 2 is 0.409 bits per heavy atom. The molecule has 0 aromatic carbocycles. The highest BCUT2D eigenvalue weighted by molar-refractivity contribution is 4.99. The van der Waals surface area contributed by atoms with Crippen molar-refractivity contribution in [3.05, 3.63) is 0 Å². The maximum atomic E-state index is 3.28. The summed E-state index contributed by atoms with van der Waals surface area (Å²) in [6.45, 7) is 7.76. The van der Waals surface area contributed by atoms with E-state index in [0.717, 1.165) is 108 Å². The van der Waals surface area contributed by atoms with Crippen LogP contribution in [0.1, 0.15) is 290 Å². The van der Waals surface area contributed by atoms with Gasteiger partial charge in [0.1, 0.15) is 0 Å². The van der Waals surface area contributed by atoms with Crippen molar-refractivity contribution in [3.8, 4) is 0 Å². The van der Waals surface area contributed by atoms with Crippen LogP contribution in [0.2, 0.25) is 0 Å². The quantitative estimate of drug-likeness (QED) is 0.193. The maximum Gasteiger partial charge on any atom is 0.0104 e. The van der Waals surface area contributed by atoms with E-state index in [4.69, 9.17) is 0 Å². The molecule has 378 valence electrons. The molecular formula is C63H111N3. The maximum absolute atomic E-state index is 3.28. The Balaban J connectivity index is 0.826. The van der Waals surface area contributed by atoms with Gasteiger partial charge in [-0.3, -0.25) is 14.7 Å². The molecule has 10 aliphatic carbocycles. The number of nitrogens with zero attached hydrogens (tertiary/aromatic N) is 3. The average Bonchev–Trinajstić information content (AvgIpc) is 3.36. The minimum Gasteiger partial charge on any atom is -0.294 e. The van der Waals surface area contributed by atoms with Gasteiger partial charge in [0, 0.05) is 54.4 Å². The molecule has 0 spiro atoms. The first-order chi connectivity index (χ1) is 32.4. The molecule has 0 bridgehead atoms. The lowest BCUT2D eigenvalue weighted by atomic mass is 9.58. The van der Waals surface area contributed by atoms with Crippen LogP contribution in [0.3, 0.4) is 0 Å². The van der Waals surface area contributed by atoms with E-state index < -0.39 is 0 Å². The average molecular weight is 911 g/mol. The molecule has 0 saturated heterocycles. The van der Waals surface area contributed by atoms with Crippen molar-refractivity contribution in [1.82, 2.24) is 14.7 Å². The zero-order valence-corrected chi connectivity index (χ0v) is 44.4. The van der Waals surface area contributed by atoms with Crippen LogP contribution in [0.4, 0.5) is 0 Å². The monoisotopic (exact) mass is 910 g/mol. The lowest BCUT2D eigenvalue weighted by molar-refractivity contribution is -0.0230. The zero-order chi connectivity index (χ0) is 44.8. The van der Waals surface area contributed by atoms with Crippen LogP contribution >= 0.6 is 0 Å². The topological polar surface area (TPSA) is 9.72 Å². The molecule has 10 rings (SSSR count). The van der Waals surface area contributed by atoms with Gasteiger partial charge < -0.3 is 0 Å². The fourth-order valence-electron chi connectivity index (χ4n) is 20.1. The van der Waals surface area contributed by atoms with Crippen LogP contribution in [0.15, 0.2) is 0 Å². The molecule has 10 fully saturated rings. The first kappa shape index (κ1) is 49.5. The van der Waals surface area contributed by atoms with Crippen molar-refractivity contribution < 1.29 is 0 Å². The van der Waals surface area contributed by atoms with Crippen molar-refractivity contribution in [3.63, 3.8) is 0 Å². The van der Waals surface area contributed by atoms with Gasteiger partial charge in [-0.1, -0.05) is 117 Å². The minimum atomic E-state index is 0.901. The second kappa shape index (κ2) is 24.1. The molecule has 6 unspecified atom stereocenters. The first-order valence-electron chi connectivity index (χ1n) is 31.8. The fourth-order valence-corrected chi connectivity index (χ4v) is 20.1. The highest BCUT2D eigenvalue weighted by Gasteiger charge is 2.46. The Morgan fingerprint density at radius 1 is 0.182 bits per heavy atom. The number of hydrogen-bond donors (Lipinski definition) is 0. The van der Waals surface area contributed by atoms with E-state index in [0.29, 0.717) is 0 Å². The Kier molecular flexibility index (Phi) is 18.0. The van der Waals surface area contributed by atoms with Crippen molar-refractivity contribution >= 4 is 0 Å². The molecule has 0 N–H and O–H groups in total. The summed E-state index contributed by atoms with van der Waals surface area (Å²) < 4.78 is 0. The van der Waals surface area contributed by atoms with E-state index in [1.165, 1.54) is 173 Å². The Labute approximate surface area is 411 Å². The predicted octanol–water partition coefficient (Wildman–Crippen LogP) is 17.3. The molecule has 0 amide bonds. The summed E-state index contributed by atoms with van der Waals surface area (Å²) in [6, 6.07) is 8.15. The molecule has 3 heteroatoms. The van der Waals surface area contributed by atoms with Crippen LogP contribution in [0, 0.1) is 53.3 Å². The van der Waals surface area contributed by atoms with Gasteiger partial charge in [0.05, 0.1) is 0 Å². The first-order valence-corrected chi connectivity index (χ1v) is 31.8. The Bertz CT molecular complexity index is 1210. The van der Waals surface area contributed by atoms with Gasteiger partial charge in [0.25, 0.3) is 0 Å². The van der Waals surface area contributed by atoms with Crippen LogP contribution in [0.5, 0.6) is 0 Å². The van der Waals surface area contributed by atoms with Gasteiger partial charge in [-0.15, -0.1) is 0 Å². The fraction of sp³-hybridized carbons (Fsp3) is 1.00. The standard InChI is InChI=1S/C63H111N3/c1-46-16-13-25-61(40-46)64(55-19-7-4-8-20-55)58-34-28-49(29-35-58)52-43-53(50-30-36-59(37-31-50)65(56-21-9-5-10-22-56)62-26-14-17-47(2)41-62)45-54(44-52)51-32-38-60(39-33-51)66(57-23-11-6-12-24-57)63-27-15-18-48(3)42-63/h46-63H,4-45H2,1-3H3. The lowest BCUT2D eigenvalue weighted by Crippen LogP contribution is -2.53. The Morgan fingerprint density at radius 3 is 0.652 bits per heavy atom. The van der Waals surface area contributed by atoms with Gasteiger partial charge >= 0.3 is 0 Å². The summed E-state index contributed by atoms with van der Waals surface area (Å²) in [6.07, 6.45) is 64.2. The SMILES string of the molecule is CC1CCCC(N(C2CCCCC2)C2CCC(C3CC(C4CCC(N(C5CCCCC5)C5CCCC(C)C5)CC4)CC(C4CCC(N(C5CCCCC5)C5CCCC(C)C5)CC4)C3)CC2)C1. The smallest absolute Gasteiger partial charge is 0.0104 e. The highest BCUT2D eigenvalue weighted by Crippen LogP contribution is 2.53. The van der Waals surface area contributed by atoms with Crippen molar-refractivity contribution in [2.45, 2.75) is 345 Å². The largest absolute Gasteiger partial charge is 0.294 e. The molecule has 0 aromatic heterocycles. The summed E-state index contributed by atoms with van der Waals surface area (Å²) in [5.74, 6) is 9.04. The third kappa shape index (κ3) is 12.2. The summed E-state index contributed by atoms with van der Waals surface area (Å²) in [7, 11) is 0. The van der Waals surface area contributed by atoms with Crippen LogP contribution in [0.25, 0.3) is 0 Å². The second-order valence-electron chi connectivity index (χ2n) is 27.7. The predicted molar refractivity (Wildman–Crippen MR) is 282 cm³/mol. The summed E-state index contributed by atoms with van der Waals surface area (Å²) in [5.41, 5.74) is 0. The van der Waals surface area contributed by atoms with Crippen molar-refractivity contribution in [2.24, 2.45) is 53.3 Å². The number of rotatable bonds is 12. The van der Waals surface area contributed by atoms with Gasteiger partial charge in [0.15, 0.2) is 0 Å². The molecular weight excluding hydrogens is 799 g/mol. The molecule has 0 heterocycles. The van der Waals surface area contributed by atoms with Crippen molar-refractivity contribution in [1.29, 1.82) is 0 Å². The van der Waals surface area contributed by atoms with E-state index in [9.17, 15) is 0 Å². The summed E-state index contributed by atoms with van der Waals surface area (Å²) in [4.78, 5) is 9.84. The van der Waals surface area contributed by atoms with Gasteiger partial charge in [-0.25, -0.2) is 0 Å². The van der Waals surface area contributed by atoms with Gasteiger partial charge in [-0.05, 0) is 227 Å². The Hall–Kier alpha value is -0.120. The summed E-state index contributed by atoms with van der Waals surface area (Å²) in [5, 5.41) is 0. The number of hydrogen-bond acceptors (Lipinski definition) is 3. The highest BCUT2D eigenvalue weighted by atomic mass is 15.2. The molecule has 66 heavy (non-hydrogen) atoms. The molecule has 0 aromatic rings. The second-order valence-corrected chi connectivity index (χ2v) is 27.7. The summed E-state index contributed by atoms with van der Waals surface area (Å²) >= 11 is 0. The van der Waals surface area contributed by atoms with Gasteiger partial charge in [-0.2, -0.15) is 0 Å². The third-order valence-electron chi connectivity index (χ3n) is 23.3. The van der Waals surface area contributed by atoms with Crippen LogP contribution in [-0.4, -0.2) is 69.1 Å². The molecule has 0 aliphatic heterocycles. The van der Waals surface area contributed by atoms with E-state index in [2.05, 4.69) is 35.5 Å². The third-order valence-corrected chi connectivity index (χ3v) is 23.3. The van der Waals surface area contributed by atoms with E-state index in [1.807, 2.05) is 0 Å². The van der Waals surface area contributed by atoms with Crippen LogP contribution < -0.4 is 0 Å². The molecule has 6 atom stereocenters. The van der Waals surface area contributed by atoms with Crippen molar-refractivity contribution in [2.75, 3.05) is 0 Å². The van der Waals surface area contributed by atoms with Gasteiger partial charge in [0.2, 0.25) is 0 Å².